The monoisotopic (exact) mass is 293 g/mol. The average Bonchev–Trinajstić information content (AvgIpc) is 2.44. The lowest BCUT2D eigenvalue weighted by Crippen LogP contribution is -2.31. The van der Waals surface area contributed by atoms with Crippen LogP contribution in [-0.4, -0.2) is 48.8 Å². The summed E-state index contributed by atoms with van der Waals surface area (Å²) in [6, 6.07) is 4.14. The minimum atomic E-state index is -0.624. The number of aliphatic hydroxyl groups excluding tert-OH is 1. The molecule has 114 valence electrons. The van der Waals surface area contributed by atoms with Gasteiger partial charge in [0.15, 0.2) is 0 Å². The van der Waals surface area contributed by atoms with Crippen molar-refractivity contribution >= 4 is 5.91 Å². The lowest BCUT2D eigenvalue weighted by Gasteiger charge is -2.18. The van der Waals surface area contributed by atoms with Crippen molar-refractivity contribution in [1.82, 2.24) is 4.90 Å². The van der Waals surface area contributed by atoms with Gasteiger partial charge in [-0.3, -0.25) is 4.79 Å². The van der Waals surface area contributed by atoms with Gasteiger partial charge in [0, 0.05) is 19.2 Å². The topological polar surface area (TPSA) is 49.8 Å². The summed E-state index contributed by atoms with van der Waals surface area (Å²) in [6.07, 6.45) is 0.0922. The number of benzene rings is 1. The van der Waals surface area contributed by atoms with E-state index < -0.39 is 11.7 Å². The summed E-state index contributed by atoms with van der Waals surface area (Å²) in [5.74, 6) is 4.00. The predicted octanol–water partition coefficient (Wildman–Crippen LogP) is 1.67. The Kier molecular flexibility index (Phi) is 6.86. The normalized spacial score (nSPS) is 10.2. The second kappa shape index (κ2) is 8.40. The van der Waals surface area contributed by atoms with Gasteiger partial charge in [0.1, 0.15) is 12.4 Å². The number of halogens is 1. The molecule has 21 heavy (non-hydrogen) atoms. The zero-order valence-electron chi connectivity index (χ0n) is 12.5. The fourth-order valence-corrected chi connectivity index (χ4v) is 1.64. The van der Waals surface area contributed by atoms with Crippen LogP contribution in [0.2, 0.25) is 0 Å². The third kappa shape index (κ3) is 5.54. The summed E-state index contributed by atoms with van der Waals surface area (Å²) in [5, 5.41) is 8.59. The number of rotatable bonds is 5. The zero-order chi connectivity index (χ0) is 15.8. The van der Waals surface area contributed by atoms with Crippen molar-refractivity contribution in [3.63, 3.8) is 0 Å². The molecule has 0 fully saturated rings. The Balaban J connectivity index is 2.73. The molecule has 0 heterocycles. The van der Waals surface area contributed by atoms with E-state index in [1.54, 1.807) is 13.1 Å². The lowest BCUT2D eigenvalue weighted by atomic mass is 10.1. The fourth-order valence-electron chi connectivity index (χ4n) is 1.64. The maximum atomic E-state index is 13.9. The molecule has 1 N–H and O–H groups in total. The highest BCUT2D eigenvalue weighted by molar-refractivity contribution is 5.94. The van der Waals surface area contributed by atoms with Crippen molar-refractivity contribution in [3.05, 3.63) is 35.1 Å². The first-order chi connectivity index (χ1) is 9.95. The number of ether oxygens (including phenoxy) is 1. The summed E-state index contributed by atoms with van der Waals surface area (Å²) < 4.78 is 19.3. The van der Waals surface area contributed by atoms with E-state index in [1.807, 2.05) is 13.8 Å². The van der Waals surface area contributed by atoms with Crippen LogP contribution in [0.5, 0.6) is 0 Å². The van der Waals surface area contributed by atoms with Crippen LogP contribution >= 0.6 is 0 Å². The van der Waals surface area contributed by atoms with Crippen molar-refractivity contribution in [2.45, 2.75) is 20.0 Å². The molecular formula is C16H20FNO3. The van der Waals surface area contributed by atoms with Gasteiger partial charge in [-0.05, 0) is 32.0 Å². The zero-order valence-corrected chi connectivity index (χ0v) is 12.5. The summed E-state index contributed by atoms with van der Waals surface area (Å²) in [5.41, 5.74) is 0.417. The highest BCUT2D eigenvalue weighted by atomic mass is 19.1. The van der Waals surface area contributed by atoms with E-state index >= 15 is 0 Å². The highest BCUT2D eigenvalue weighted by Crippen LogP contribution is 2.12. The van der Waals surface area contributed by atoms with Gasteiger partial charge in [0.05, 0.1) is 18.3 Å². The Labute approximate surface area is 124 Å². The largest absolute Gasteiger partial charge is 0.384 e. The molecule has 0 unspecified atom stereocenters. The third-order valence-corrected chi connectivity index (χ3v) is 2.74. The van der Waals surface area contributed by atoms with Crippen LogP contribution in [-0.2, 0) is 4.74 Å². The van der Waals surface area contributed by atoms with Crippen LogP contribution in [0.15, 0.2) is 18.2 Å². The molecule has 0 aromatic heterocycles. The van der Waals surface area contributed by atoms with Crippen LogP contribution in [0, 0.1) is 17.7 Å². The summed E-state index contributed by atoms with van der Waals surface area (Å²) >= 11 is 0. The van der Waals surface area contributed by atoms with Gasteiger partial charge in [-0.25, -0.2) is 4.39 Å². The van der Waals surface area contributed by atoms with E-state index in [9.17, 15) is 9.18 Å². The molecule has 0 aliphatic rings. The quantitative estimate of drug-likeness (QED) is 0.840. The third-order valence-electron chi connectivity index (χ3n) is 2.74. The second-order valence-corrected chi connectivity index (χ2v) is 4.80. The number of hydrogen-bond donors (Lipinski definition) is 1. The Morgan fingerprint density at radius 3 is 2.76 bits per heavy atom. The molecule has 1 rings (SSSR count). The smallest absolute Gasteiger partial charge is 0.256 e. The van der Waals surface area contributed by atoms with Crippen molar-refractivity contribution in [2.75, 3.05) is 26.8 Å². The standard InChI is InChI=1S/C16H20FNO3/c1-12(2)21-10-8-18(3)16(20)14-7-6-13(5-4-9-19)11-15(14)17/h6-7,11-12,19H,8-10H2,1-3H3. The van der Waals surface area contributed by atoms with Crippen LogP contribution in [0.4, 0.5) is 4.39 Å². The van der Waals surface area contributed by atoms with E-state index in [2.05, 4.69) is 11.8 Å². The highest BCUT2D eigenvalue weighted by Gasteiger charge is 2.16. The van der Waals surface area contributed by atoms with Gasteiger partial charge in [-0.2, -0.15) is 0 Å². The van der Waals surface area contributed by atoms with Crippen molar-refractivity contribution < 1.29 is 19.0 Å². The van der Waals surface area contributed by atoms with E-state index in [0.717, 1.165) is 0 Å². The van der Waals surface area contributed by atoms with E-state index in [1.165, 1.54) is 17.0 Å². The van der Waals surface area contributed by atoms with E-state index in [-0.39, 0.29) is 18.3 Å². The molecule has 0 atom stereocenters. The Morgan fingerprint density at radius 2 is 2.19 bits per heavy atom. The first-order valence-electron chi connectivity index (χ1n) is 6.72. The molecule has 0 saturated heterocycles. The maximum Gasteiger partial charge on any atom is 0.256 e. The molecule has 0 spiro atoms. The fraction of sp³-hybridized carbons (Fsp3) is 0.438. The maximum absolute atomic E-state index is 13.9. The summed E-state index contributed by atoms with van der Waals surface area (Å²) in [6.45, 7) is 4.33. The molecule has 5 heteroatoms. The number of carbonyl (C=O) groups excluding carboxylic acids is 1. The molecule has 0 aliphatic heterocycles. The molecule has 1 amide bonds. The number of nitrogens with zero attached hydrogens (tertiary/aromatic N) is 1. The first kappa shape index (κ1) is 17.2. The minimum Gasteiger partial charge on any atom is -0.384 e. The van der Waals surface area contributed by atoms with Gasteiger partial charge < -0.3 is 14.7 Å². The molecular weight excluding hydrogens is 273 g/mol. The Hall–Kier alpha value is -1.90. The molecule has 0 bridgehead atoms. The molecule has 0 radical (unpaired) electrons. The summed E-state index contributed by atoms with van der Waals surface area (Å²) in [4.78, 5) is 13.5. The number of aliphatic hydroxyl groups is 1. The number of amides is 1. The average molecular weight is 293 g/mol. The van der Waals surface area contributed by atoms with Crippen molar-refractivity contribution in [1.29, 1.82) is 0 Å². The second-order valence-electron chi connectivity index (χ2n) is 4.80. The van der Waals surface area contributed by atoms with Crippen LogP contribution in [0.1, 0.15) is 29.8 Å². The molecule has 1 aromatic rings. The molecule has 0 aliphatic carbocycles. The molecule has 1 aromatic carbocycles. The SMILES string of the molecule is CC(C)OCCN(C)C(=O)c1ccc(C#CCO)cc1F. The minimum absolute atomic E-state index is 0.00315. The predicted molar refractivity (Wildman–Crippen MR) is 78.4 cm³/mol. The van der Waals surface area contributed by atoms with Crippen molar-refractivity contribution in [3.8, 4) is 11.8 Å². The number of likely N-dealkylation sites (N-methyl/N-ethyl adjacent to an activating group) is 1. The van der Waals surface area contributed by atoms with Gasteiger partial charge in [0.2, 0.25) is 0 Å². The van der Waals surface area contributed by atoms with E-state index in [4.69, 9.17) is 9.84 Å². The van der Waals surface area contributed by atoms with Gasteiger partial charge in [-0.15, -0.1) is 0 Å². The van der Waals surface area contributed by atoms with Gasteiger partial charge in [0.25, 0.3) is 5.91 Å². The van der Waals surface area contributed by atoms with Crippen LogP contribution in [0.25, 0.3) is 0 Å². The lowest BCUT2D eigenvalue weighted by molar-refractivity contribution is 0.0529. The van der Waals surface area contributed by atoms with Gasteiger partial charge >= 0.3 is 0 Å². The van der Waals surface area contributed by atoms with E-state index in [0.29, 0.717) is 18.7 Å². The Morgan fingerprint density at radius 1 is 1.48 bits per heavy atom. The summed E-state index contributed by atoms with van der Waals surface area (Å²) in [7, 11) is 1.60. The first-order valence-corrected chi connectivity index (χ1v) is 6.72. The molecule has 4 nitrogen and oxygen atoms in total. The molecule has 0 saturated carbocycles. The van der Waals surface area contributed by atoms with Gasteiger partial charge in [-0.1, -0.05) is 11.8 Å². The Bertz CT molecular complexity index is 546. The number of carbonyl (C=O) groups is 1. The van der Waals surface area contributed by atoms with Crippen molar-refractivity contribution in [2.24, 2.45) is 0 Å². The van der Waals surface area contributed by atoms with Crippen LogP contribution in [0.3, 0.4) is 0 Å². The number of hydrogen-bond acceptors (Lipinski definition) is 3. The van der Waals surface area contributed by atoms with Crippen LogP contribution < -0.4 is 0 Å².